The van der Waals surface area contributed by atoms with Crippen LogP contribution in [0.25, 0.3) is 0 Å². The molecule has 4 N–H and O–H groups in total. The molecule has 0 aliphatic heterocycles. The number of phenolic OH excluding ortho intramolecular Hbond substituents is 1. The number of nitrogens with two attached hydrogens (primary N) is 1. The van der Waals surface area contributed by atoms with E-state index in [0.29, 0.717) is 5.56 Å². The molecule has 0 spiro atoms. The Hall–Kier alpha value is -0.290. The number of halogens is 2. The van der Waals surface area contributed by atoms with E-state index < -0.39 is 12.1 Å². The van der Waals surface area contributed by atoms with Gasteiger partial charge < -0.3 is 15.9 Å². The van der Waals surface area contributed by atoms with Gasteiger partial charge in [-0.15, -0.1) is 12.4 Å². The first-order valence-corrected chi connectivity index (χ1v) is 6.18. The third-order valence-corrected chi connectivity index (χ3v) is 3.44. The average molecular weight is 325 g/mol. The number of aliphatic hydroxyl groups is 1. The summed E-state index contributed by atoms with van der Waals surface area (Å²) in [6.07, 6.45) is 0.212. The van der Waals surface area contributed by atoms with E-state index in [1.165, 1.54) is 0 Å². The van der Waals surface area contributed by atoms with E-state index in [2.05, 4.69) is 15.9 Å². The molecule has 0 aliphatic rings. The summed E-state index contributed by atoms with van der Waals surface area (Å²) in [6.45, 7) is 3.95. The van der Waals surface area contributed by atoms with Crippen molar-refractivity contribution in [2.24, 2.45) is 11.7 Å². The van der Waals surface area contributed by atoms with Gasteiger partial charge in [0, 0.05) is 10.0 Å². The predicted octanol–water partition coefficient (Wildman–Crippen LogP) is 2.98. The second-order valence-electron chi connectivity index (χ2n) is 4.11. The zero-order valence-corrected chi connectivity index (χ0v) is 12.3. The van der Waals surface area contributed by atoms with Gasteiger partial charge in [-0.05, 0) is 18.1 Å². The number of benzene rings is 1. The summed E-state index contributed by atoms with van der Waals surface area (Å²) in [4.78, 5) is 0. The number of rotatable bonds is 4. The van der Waals surface area contributed by atoms with Crippen LogP contribution >= 0.6 is 28.3 Å². The van der Waals surface area contributed by atoms with Crippen LogP contribution in [0.3, 0.4) is 0 Å². The Bertz CT molecular complexity index is 362. The molecule has 98 valence electrons. The summed E-state index contributed by atoms with van der Waals surface area (Å²) in [5, 5.41) is 19.7. The van der Waals surface area contributed by atoms with Gasteiger partial charge in [-0.2, -0.15) is 0 Å². The van der Waals surface area contributed by atoms with Crippen LogP contribution in [0.1, 0.15) is 31.9 Å². The van der Waals surface area contributed by atoms with Gasteiger partial charge in [0.25, 0.3) is 0 Å². The van der Waals surface area contributed by atoms with Crippen molar-refractivity contribution in [2.75, 3.05) is 0 Å². The highest BCUT2D eigenvalue weighted by molar-refractivity contribution is 9.10. The summed E-state index contributed by atoms with van der Waals surface area (Å²) in [7, 11) is 0. The van der Waals surface area contributed by atoms with Crippen LogP contribution < -0.4 is 5.73 Å². The Balaban J connectivity index is 0.00000256. The summed E-state index contributed by atoms with van der Waals surface area (Å²) in [5.74, 6) is 0.224. The van der Waals surface area contributed by atoms with Crippen molar-refractivity contribution < 1.29 is 10.2 Å². The molecular weight excluding hydrogens is 305 g/mol. The van der Waals surface area contributed by atoms with E-state index in [1.54, 1.807) is 18.2 Å². The fourth-order valence-electron chi connectivity index (χ4n) is 1.58. The zero-order valence-electron chi connectivity index (χ0n) is 9.93. The van der Waals surface area contributed by atoms with Crippen LogP contribution in [0, 0.1) is 5.92 Å². The molecule has 1 unspecified atom stereocenters. The molecule has 0 aliphatic carbocycles. The van der Waals surface area contributed by atoms with Crippen molar-refractivity contribution in [3.05, 3.63) is 28.2 Å². The van der Waals surface area contributed by atoms with Crippen molar-refractivity contribution in [2.45, 2.75) is 32.4 Å². The number of aromatic hydroxyl groups is 1. The molecule has 0 fully saturated rings. The first-order valence-electron chi connectivity index (χ1n) is 5.39. The van der Waals surface area contributed by atoms with Gasteiger partial charge in [-0.3, -0.25) is 0 Å². The van der Waals surface area contributed by atoms with E-state index >= 15 is 0 Å². The highest BCUT2D eigenvalue weighted by Gasteiger charge is 2.23. The van der Waals surface area contributed by atoms with Crippen LogP contribution in [0.2, 0.25) is 0 Å². The van der Waals surface area contributed by atoms with E-state index in [-0.39, 0.29) is 24.1 Å². The van der Waals surface area contributed by atoms with Gasteiger partial charge in [0.15, 0.2) is 0 Å². The van der Waals surface area contributed by atoms with E-state index in [0.717, 1.165) is 10.9 Å². The Labute approximate surface area is 117 Å². The molecule has 1 aromatic rings. The molecule has 3 atom stereocenters. The van der Waals surface area contributed by atoms with E-state index in [9.17, 15) is 10.2 Å². The van der Waals surface area contributed by atoms with Gasteiger partial charge in [0.1, 0.15) is 5.75 Å². The van der Waals surface area contributed by atoms with Crippen molar-refractivity contribution in [1.29, 1.82) is 0 Å². The molecule has 17 heavy (non-hydrogen) atoms. The Morgan fingerprint density at radius 2 is 2.00 bits per heavy atom. The molecule has 1 rings (SSSR count). The Kier molecular flexibility index (Phi) is 7.09. The van der Waals surface area contributed by atoms with E-state index in [4.69, 9.17) is 5.73 Å². The topological polar surface area (TPSA) is 66.5 Å². The fourth-order valence-corrected chi connectivity index (χ4v) is 1.93. The lowest BCUT2D eigenvalue weighted by atomic mass is 9.91. The van der Waals surface area contributed by atoms with Gasteiger partial charge in [0.05, 0.1) is 12.1 Å². The van der Waals surface area contributed by atoms with Crippen molar-refractivity contribution >= 4 is 28.3 Å². The maximum Gasteiger partial charge on any atom is 0.121 e. The molecule has 3 nitrogen and oxygen atoms in total. The molecule has 0 aromatic heterocycles. The maximum absolute atomic E-state index is 9.99. The molecule has 0 saturated heterocycles. The third kappa shape index (κ3) is 4.14. The number of phenols is 1. The first kappa shape index (κ1) is 16.7. The molecule has 0 saturated carbocycles. The first-order chi connectivity index (χ1) is 7.47. The number of aliphatic hydroxyl groups excluding tert-OH is 1. The largest absolute Gasteiger partial charge is 0.508 e. The lowest BCUT2D eigenvalue weighted by Crippen LogP contribution is -2.31. The summed E-state index contributed by atoms with van der Waals surface area (Å²) >= 11 is 3.26. The Morgan fingerprint density at radius 1 is 1.41 bits per heavy atom. The van der Waals surface area contributed by atoms with Crippen LogP contribution in [0.15, 0.2) is 22.7 Å². The van der Waals surface area contributed by atoms with E-state index in [1.807, 2.05) is 13.8 Å². The van der Waals surface area contributed by atoms with Crippen LogP contribution in [0.5, 0.6) is 5.75 Å². The second kappa shape index (κ2) is 7.21. The van der Waals surface area contributed by atoms with Gasteiger partial charge in [-0.1, -0.05) is 42.3 Å². The SMILES string of the molecule is CCC(C)[C@H](O)[C@H](N)c1ccc(Br)cc1O.Cl. The summed E-state index contributed by atoms with van der Waals surface area (Å²) < 4.78 is 0.791. The zero-order chi connectivity index (χ0) is 12.3. The summed E-state index contributed by atoms with van der Waals surface area (Å²) in [6, 6.07) is 4.56. The Morgan fingerprint density at radius 3 is 2.47 bits per heavy atom. The number of hydrogen-bond acceptors (Lipinski definition) is 3. The minimum Gasteiger partial charge on any atom is -0.508 e. The molecule has 0 radical (unpaired) electrons. The molecule has 5 heteroatoms. The van der Waals surface area contributed by atoms with Gasteiger partial charge in [0.2, 0.25) is 0 Å². The van der Waals surface area contributed by atoms with Crippen molar-refractivity contribution in [1.82, 2.24) is 0 Å². The van der Waals surface area contributed by atoms with Crippen molar-refractivity contribution in [3.63, 3.8) is 0 Å². The average Bonchev–Trinajstić information content (AvgIpc) is 2.26. The highest BCUT2D eigenvalue weighted by Crippen LogP contribution is 2.30. The standard InChI is InChI=1S/C12H18BrNO2.ClH/c1-3-7(2)12(16)11(14)9-5-4-8(13)6-10(9)15;/h4-7,11-12,15-16H,3,14H2,1-2H3;1H/t7?,11-,12+;/m1./s1. The lowest BCUT2D eigenvalue weighted by Gasteiger charge is -2.24. The quantitative estimate of drug-likeness (QED) is 0.797. The molecule has 1 aromatic carbocycles. The normalized spacial score (nSPS) is 15.8. The van der Waals surface area contributed by atoms with Gasteiger partial charge >= 0.3 is 0 Å². The van der Waals surface area contributed by atoms with Gasteiger partial charge in [-0.25, -0.2) is 0 Å². The minimum atomic E-state index is -0.642. The molecule has 0 bridgehead atoms. The molecule has 0 amide bonds. The van der Waals surface area contributed by atoms with Crippen LogP contribution in [0.4, 0.5) is 0 Å². The third-order valence-electron chi connectivity index (χ3n) is 2.95. The minimum absolute atomic E-state index is 0. The van der Waals surface area contributed by atoms with Crippen LogP contribution in [-0.2, 0) is 0 Å². The van der Waals surface area contributed by atoms with Crippen LogP contribution in [-0.4, -0.2) is 16.3 Å². The maximum atomic E-state index is 9.99. The summed E-state index contributed by atoms with van der Waals surface area (Å²) in [5.41, 5.74) is 6.52. The molecule has 0 heterocycles. The monoisotopic (exact) mass is 323 g/mol. The lowest BCUT2D eigenvalue weighted by molar-refractivity contribution is 0.0871. The van der Waals surface area contributed by atoms with Crippen molar-refractivity contribution in [3.8, 4) is 5.75 Å². The highest BCUT2D eigenvalue weighted by atomic mass is 79.9. The number of hydrogen-bond donors (Lipinski definition) is 3. The smallest absolute Gasteiger partial charge is 0.121 e. The fraction of sp³-hybridized carbons (Fsp3) is 0.500. The predicted molar refractivity (Wildman–Crippen MR) is 75.4 cm³/mol. The molecular formula is C12H19BrClNO2. The second-order valence-corrected chi connectivity index (χ2v) is 5.02.